The minimum atomic E-state index is -5.17. The van der Waals surface area contributed by atoms with Crippen molar-refractivity contribution in [3.05, 3.63) is 0 Å². The van der Waals surface area contributed by atoms with E-state index in [2.05, 4.69) is 0 Å². The summed E-state index contributed by atoms with van der Waals surface area (Å²) in [5, 5.41) is 33.8. The molecule has 0 fully saturated rings. The van der Waals surface area contributed by atoms with Crippen molar-refractivity contribution in [3.63, 3.8) is 0 Å². The molecule has 0 amide bonds. The van der Waals surface area contributed by atoms with Crippen LogP contribution in [0.25, 0.3) is 0 Å². The second kappa shape index (κ2) is 10.5. The molecule has 0 aromatic carbocycles. The van der Waals surface area contributed by atoms with Crippen LogP contribution in [-0.2, 0) is 41.9 Å². The number of hydrogen-bond donors (Lipinski definition) is 4. The maximum absolute atomic E-state index is 10.3. The number of carboxylic acid groups (broad SMARTS) is 3. The van der Waals surface area contributed by atoms with E-state index in [0.717, 1.165) is 0 Å². The standard InChI is InChI=1S/C6H8O7.Fe.H2O4S.H2O/c7-3(8)1-6(13,5(11)12)2-4(9)10;;1-5(2,3)4;/h13H,1-2H2,(H,7,8)(H,9,10)(H,11,12);;(H2,1,2,3,4);1H2/q;+2;;/p-2. The van der Waals surface area contributed by atoms with Gasteiger partial charge in [-0.25, -0.2) is 4.79 Å². The van der Waals surface area contributed by atoms with Crippen LogP contribution in [0.2, 0.25) is 0 Å². The van der Waals surface area contributed by atoms with Crippen molar-refractivity contribution in [2.24, 2.45) is 0 Å². The van der Waals surface area contributed by atoms with Gasteiger partial charge in [0, 0.05) is 10.4 Å². The van der Waals surface area contributed by atoms with Crippen molar-refractivity contribution in [2.75, 3.05) is 0 Å². The molecule has 6 N–H and O–H groups in total. The molecule has 0 aliphatic carbocycles. The second-order valence-electron chi connectivity index (χ2n) is 2.89. The number of aliphatic carboxylic acids is 3. The quantitative estimate of drug-likeness (QED) is 0.213. The number of aliphatic hydroxyl groups is 1. The van der Waals surface area contributed by atoms with Crippen LogP contribution in [0.1, 0.15) is 12.8 Å². The Hall–Kier alpha value is -1.28. The molecule has 0 saturated carbocycles. The zero-order valence-electron chi connectivity index (χ0n) is 9.32. The van der Waals surface area contributed by atoms with E-state index in [-0.39, 0.29) is 22.5 Å². The molecule has 0 unspecified atom stereocenters. The Kier molecular flexibility index (Phi) is 14.2. The van der Waals surface area contributed by atoms with Gasteiger partial charge >= 0.3 is 35.0 Å². The average molecular weight is 362 g/mol. The molecule has 0 rings (SSSR count). The first-order chi connectivity index (χ1) is 7.78. The van der Waals surface area contributed by atoms with Gasteiger partial charge in [0.25, 0.3) is 0 Å². The van der Waals surface area contributed by atoms with E-state index in [1.54, 1.807) is 0 Å². The van der Waals surface area contributed by atoms with Crippen molar-refractivity contribution >= 4 is 28.3 Å². The molecule has 0 heterocycles. The number of hydrogen-bond acceptors (Lipinski definition) is 8. The molecule has 20 heavy (non-hydrogen) atoms. The topological polar surface area (TPSA) is 244 Å². The molecule has 0 aromatic rings. The van der Waals surface area contributed by atoms with E-state index in [0.29, 0.717) is 0 Å². The maximum Gasteiger partial charge on any atom is 2.00 e. The molecule has 120 valence electrons. The first-order valence-electron chi connectivity index (χ1n) is 3.84. The van der Waals surface area contributed by atoms with Crippen LogP contribution in [0.5, 0.6) is 0 Å². The Bertz CT molecular complexity index is 403. The summed E-state index contributed by atoms with van der Waals surface area (Å²) >= 11 is 0. The summed E-state index contributed by atoms with van der Waals surface area (Å²) in [5.74, 6) is -5.02. The van der Waals surface area contributed by atoms with Crippen molar-refractivity contribution in [2.45, 2.75) is 18.4 Å². The molecular weight excluding hydrogens is 352 g/mol. The summed E-state index contributed by atoms with van der Waals surface area (Å²) < 4.78 is 34.1. The molecule has 0 atom stereocenters. The minimum absolute atomic E-state index is 0. The predicted molar refractivity (Wildman–Crippen MR) is 51.2 cm³/mol. The average Bonchev–Trinajstić information content (AvgIpc) is 1.95. The van der Waals surface area contributed by atoms with Crippen LogP contribution in [0.4, 0.5) is 0 Å². The fourth-order valence-electron chi connectivity index (χ4n) is 0.714. The number of carboxylic acids is 3. The van der Waals surface area contributed by atoms with Gasteiger partial charge < -0.3 is 35.0 Å². The SMILES string of the molecule is O.O=C(O)CC(O)(CC(=O)O)C(=O)O.O=S(=O)([O-])[O-].[Fe+2]. The van der Waals surface area contributed by atoms with E-state index in [9.17, 15) is 14.4 Å². The van der Waals surface area contributed by atoms with E-state index in [1.165, 1.54) is 0 Å². The van der Waals surface area contributed by atoms with Gasteiger partial charge in [0.15, 0.2) is 5.60 Å². The molecule has 0 bridgehead atoms. The second-order valence-corrected chi connectivity index (χ2v) is 3.70. The molecule has 14 heteroatoms. The van der Waals surface area contributed by atoms with Gasteiger partial charge in [-0.2, -0.15) is 0 Å². The Morgan fingerprint density at radius 2 is 1.15 bits per heavy atom. The van der Waals surface area contributed by atoms with Crippen molar-refractivity contribution in [1.82, 2.24) is 0 Å². The Balaban J connectivity index is -0.000000158. The van der Waals surface area contributed by atoms with Crippen LogP contribution in [0.15, 0.2) is 0 Å². The normalized spacial score (nSPS) is 9.95. The first kappa shape index (κ1) is 27.1. The van der Waals surface area contributed by atoms with Gasteiger partial charge in [-0.1, -0.05) is 0 Å². The summed E-state index contributed by atoms with van der Waals surface area (Å²) in [6.45, 7) is 0. The minimum Gasteiger partial charge on any atom is -0.759 e. The van der Waals surface area contributed by atoms with Crippen LogP contribution >= 0.6 is 0 Å². The fourth-order valence-corrected chi connectivity index (χ4v) is 0.714. The summed E-state index contributed by atoms with van der Waals surface area (Å²) in [4.78, 5) is 30.5. The van der Waals surface area contributed by atoms with Gasteiger partial charge in [0.05, 0.1) is 12.8 Å². The van der Waals surface area contributed by atoms with Gasteiger partial charge in [-0.05, 0) is 0 Å². The van der Waals surface area contributed by atoms with Crippen molar-refractivity contribution in [3.8, 4) is 0 Å². The summed E-state index contributed by atoms with van der Waals surface area (Å²) in [7, 11) is -5.17. The smallest absolute Gasteiger partial charge is 0.759 e. The third-order valence-electron chi connectivity index (χ3n) is 1.29. The van der Waals surface area contributed by atoms with E-state index in [1.807, 2.05) is 0 Å². The number of rotatable bonds is 5. The molecule has 12 nitrogen and oxygen atoms in total. The van der Waals surface area contributed by atoms with Crippen LogP contribution < -0.4 is 0 Å². The van der Waals surface area contributed by atoms with Crippen molar-refractivity contribution in [1.29, 1.82) is 0 Å². The summed E-state index contributed by atoms with van der Waals surface area (Å²) in [6.07, 6.45) is -2.29. The van der Waals surface area contributed by atoms with Gasteiger partial charge in [0.1, 0.15) is 0 Å². The van der Waals surface area contributed by atoms with Crippen LogP contribution in [-0.4, -0.2) is 66.9 Å². The van der Waals surface area contributed by atoms with Gasteiger partial charge in [-0.15, -0.1) is 0 Å². The third kappa shape index (κ3) is 19.1. The maximum atomic E-state index is 10.3. The summed E-state index contributed by atoms with van der Waals surface area (Å²) in [5.41, 5.74) is -2.74. The molecule has 0 radical (unpaired) electrons. The Morgan fingerprint density at radius 3 is 1.25 bits per heavy atom. The molecule has 0 saturated heterocycles. The van der Waals surface area contributed by atoms with E-state index in [4.69, 9.17) is 37.9 Å². The zero-order valence-corrected chi connectivity index (χ0v) is 11.2. The molecule has 0 aromatic heterocycles. The molecular formula is C6H10FeO12S. The Morgan fingerprint density at radius 1 is 0.950 bits per heavy atom. The van der Waals surface area contributed by atoms with E-state index >= 15 is 0 Å². The third-order valence-corrected chi connectivity index (χ3v) is 1.29. The zero-order chi connectivity index (χ0) is 15.1. The van der Waals surface area contributed by atoms with Crippen LogP contribution in [0, 0.1) is 0 Å². The monoisotopic (exact) mass is 362 g/mol. The largest absolute Gasteiger partial charge is 2.00 e. The van der Waals surface area contributed by atoms with Gasteiger partial charge in [-0.3, -0.25) is 18.0 Å². The van der Waals surface area contributed by atoms with E-state index < -0.39 is 46.7 Å². The van der Waals surface area contributed by atoms with Gasteiger partial charge in [0.2, 0.25) is 0 Å². The predicted octanol–water partition coefficient (Wildman–Crippen LogP) is -3.41. The Labute approximate surface area is 122 Å². The fraction of sp³-hybridized carbons (Fsp3) is 0.500. The summed E-state index contributed by atoms with van der Waals surface area (Å²) in [6, 6.07) is 0. The molecule has 0 spiro atoms. The molecule has 0 aliphatic rings. The van der Waals surface area contributed by atoms with Crippen LogP contribution in [0.3, 0.4) is 0 Å². The molecule has 0 aliphatic heterocycles. The number of carbonyl (C=O) groups is 3. The first-order valence-corrected chi connectivity index (χ1v) is 5.17. The van der Waals surface area contributed by atoms with Crippen molar-refractivity contribution < 1.29 is 74.9 Å².